The molecule has 1 aromatic rings. The molecule has 0 bridgehead atoms. The first-order valence-electron chi connectivity index (χ1n) is 11.6. The molecule has 0 amide bonds. The lowest BCUT2D eigenvalue weighted by molar-refractivity contribution is -0.126. The summed E-state index contributed by atoms with van der Waals surface area (Å²) in [6.07, 6.45) is 11.0. The average Bonchev–Trinajstić information content (AvgIpc) is 2.68. The van der Waals surface area contributed by atoms with Crippen LogP contribution in [0.4, 0.5) is 0 Å². The van der Waals surface area contributed by atoms with E-state index in [0.717, 1.165) is 18.3 Å². The Bertz CT molecular complexity index is 591. The van der Waals surface area contributed by atoms with E-state index in [1.165, 1.54) is 56.1 Å². The fraction of sp³-hybridized carbons (Fsp3) is 0.731. The van der Waals surface area contributed by atoms with E-state index in [0.29, 0.717) is 30.0 Å². The molecule has 0 heterocycles. The van der Waals surface area contributed by atoms with Gasteiger partial charge in [0.05, 0.1) is 0 Å². The summed E-state index contributed by atoms with van der Waals surface area (Å²) in [4.78, 5) is 13.1. The fourth-order valence-corrected chi connectivity index (χ4v) is 5.72. The molecule has 2 aliphatic carbocycles. The van der Waals surface area contributed by atoms with Gasteiger partial charge in [0.2, 0.25) is 0 Å². The highest BCUT2D eigenvalue weighted by Gasteiger charge is 2.35. The summed E-state index contributed by atoms with van der Waals surface area (Å²) in [5, 5.41) is 0. The van der Waals surface area contributed by atoms with Crippen molar-refractivity contribution in [3.63, 3.8) is 0 Å². The maximum absolute atomic E-state index is 13.1. The number of carbonyl (C=O) groups excluding carboxylic acids is 1. The smallest absolute Gasteiger partial charge is 0.140 e. The fourth-order valence-electron chi connectivity index (χ4n) is 5.72. The molecule has 3 rings (SSSR count). The first kappa shape index (κ1) is 20.6. The lowest BCUT2D eigenvalue weighted by Crippen LogP contribution is -2.34. The van der Waals surface area contributed by atoms with Crippen LogP contribution in [-0.2, 0) is 11.2 Å². The quantitative estimate of drug-likeness (QED) is 0.519. The van der Waals surface area contributed by atoms with Crippen LogP contribution in [0.25, 0.3) is 0 Å². The number of hydrogen-bond acceptors (Lipinski definition) is 1. The van der Waals surface area contributed by atoms with Gasteiger partial charge in [-0.05, 0) is 79.2 Å². The molecule has 0 spiro atoms. The highest BCUT2D eigenvalue weighted by Crippen LogP contribution is 2.39. The van der Waals surface area contributed by atoms with Crippen LogP contribution < -0.4 is 0 Å². The maximum Gasteiger partial charge on any atom is 0.140 e. The van der Waals surface area contributed by atoms with E-state index in [4.69, 9.17) is 0 Å². The molecule has 1 heteroatoms. The zero-order valence-electron chi connectivity index (χ0n) is 18.0. The first-order chi connectivity index (χ1) is 13.0. The zero-order chi connectivity index (χ0) is 19.4. The van der Waals surface area contributed by atoms with Crippen molar-refractivity contribution < 1.29 is 4.79 Å². The molecular formula is C26H40O. The van der Waals surface area contributed by atoms with Crippen molar-refractivity contribution in [3.8, 4) is 0 Å². The molecule has 2 aliphatic rings. The van der Waals surface area contributed by atoms with Crippen LogP contribution in [0, 0.1) is 29.6 Å². The second kappa shape index (κ2) is 9.39. The SMILES string of the molecule is CCC1CCC(c2ccc(CC(=O)[C@@H]3C[C@H](C)CC[C@H]3C(C)C)cc2)CC1. The van der Waals surface area contributed by atoms with E-state index in [1.807, 2.05) is 0 Å². The van der Waals surface area contributed by atoms with E-state index in [2.05, 4.69) is 52.0 Å². The van der Waals surface area contributed by atoms with Gasteiger partial charge < -0.3 is 0 Å². The van der Waals surface area contributed by atoms with Crippen LogP contribution in [0.15, 0.2) is 24.3 Å². The summed E-state index contributed by atoms with van der Waals surface area (Å²) in [6.45, 7) is 9.23. The van der Waals surface area contributed by atoms with Crippen LogP contribution in [0.2, 0.25) is 0 Å². The van der Waals surface area contributed by atoms with E-state index in [-0.39, 0.29) is 5.92 Å². The highest BCUT2D eigenvalue weighted by atomic mass is 16.1. The van der Waals surface area contributed by atoms with Gasteiger partial charge in [0.1, 0.15) is 5.78 Å². The molecule has 1 aromatic carbocycles. The van der Waals surface area contributed by atoms with Crippen molar-refractivity contribution >= 4 is 5.78 Å². The molecule has 27 heavy (non-hydrogen) atoms. The van der Waals surface area contributed by atoms with Gasteiger partial charge in [-0.1, -0.05) is 64.8 Å². The third kappa shape index (κ3) is 5.24. The van der Waals surface area contributed by atoms with Crippen LogP contribution in [0.5, 0.6) is 0 Å². The lowest BCUT2D eigenvalue weighted by Gasteiger charge is -2.36. The van der Waals surface area contributed by atoms with Crippen LogP contribution in [-0.4, -0.2) is 5.78 Å². The Kier molecular flexibility index (Phi) is 7.17. The normalized spacial score (nSPS) is 31.8. The molecule has 0 unspecified atom stereocenters. The minimum Gasteiger partial charge on any atom is -0.299 e. The minimum atomic E-state index is 0.276. The van der Waals surface area contributed by atoms with Crippen molar-refractivity contribution in [1.29, 1.82) is 0 Å². The molecule has 2 saturated carbocycles. The van der Waals surface area contributed by atoms with Gasteiger partial charge in [-0.25, -0.2) is 0 Å². The Labute approximate surface area is 167 Å². The minimum absolute atomic E-state index is 0.276. The predicted molar refractivity (Wildman–Crippen MR) is 115 cm³/mol. The summed E-state index contributed by atoms with van der Waals surface area (Å²) in [5.74, 6) is 4.35. The second-order valence-corrected chi connectivity index (χ2v) is 9.94. The van der Waals surface area contributed by atoms with Gasteiger partial charge in [0, 0.05) is 12.3 Å². The number of benzene rings is 1. The molecule has 0 N–H and O–H groups in total. The molecule has 0 aromatic heterocycles. The predicted octanol–water partition coefficient (Wildman–Crippen LogP) is 7.19. The van der Waals surface area contributed by atoms with Gasteiger partial charge in [-0.2, -0.15) is 0 Å². The summed E-state index contributed by atoms with van der Waals surface area (Å²) in [6, 6.07) is 9.08. The third-order valence-electron chi connectivity index (χ3n) is 7.69. The van der Waals surface area contributed by atoms with Crippen molar-refractivity contribution in [2.24, 2.45) is 29.6 Å². The molecular weight excluding hydrogens is 328 g/mol. The molecule has 3 atom stereocenters. The highest BCUT2D eigenvalue weighted by molar-refractivity contribution is 5.83. The van der Waals surface area contributed by atoms with Gasteiger partial charge in [-0.3, -0.25) is 4.79 Å². The number of Topliss-reactive ketones (excluding diaryl/α,β-unsaturated/α-hetero) is 1. The Morgan fingerprint density at radius 3 is 2.26 bits per heavy atom. The summed E-state index contributed by atoms with van der Waals surface area (Å²) >= 11 is 0. The van der Waals surface area contributed by atoms with Gasteiger partial charge in [-0.15, -0.1) is 0 Å². The van der Waals surface area contributed by atoms with Crippen molar-refractivity contribution in [2.75, 3.05) is 0 Å². The zero-order valence-corrected chi connectivity index (χ0v) is 18.0. The molecule has 0 radical (unpaired) electrons. The van der Waals surface area contributed by atoms with Gasteiger partial charge in [0.25, 0.3) is 0 Å². The first-order valence-corrected chi connectivity index (χ1v) is 11.6. The number of rotatable bonds is 6. The van der Waals surface area contributed by atoms with Crippen LogP contribution in [0.1, 0.15) is 96.1 Å². The molecule has 2 fully saturated rings. The number of carbonyl (C=O) groups is 1. The number of hydrogen-bond donors (Lipinski definition) is 0. The van der Waals surface area contributed by atoms with E-state index in [9.17, 15) is 4.79 Å². The van der Waals surface area contributed by atoms with Crippen molar-refractivity contribution in [3.05, 3.63) is 35.4 Å². The van der Waals surface area contributed by atoms with Crippen LogP contribution in [0.3, 0.4) is 0 Å². The maximum atomic E-state index is 13.1. The Morgan fingerprint density at radius 2 is 1.67 bits per heavy atom. The molecule has 150 valence electrons. The summed E-state index contributed by atoms with van der Waals surface area (Å²) in [5.41, 5.74) is 2.71. The molecule has 1 nitrogen and oxygen atoms in total. The molecule has 0 saturated heterocycles. The van der Waals surface area contributed by atoms with E-state index >= 15 is 0 Å². The summed E-state index contributed by atoms with van der Waals surface area (Å²) in [7, 11) is 0. The van der Waals surface area contributed by atoms with Crippen molar-refractivity contribution in [2.45, 2.75) is 91.4 Å². The van der Waals surface area contributed by atoms with Crippen molar-refractivity contribution in [1.82, 2.24) is 0 Å². The Hall–Kier alpha value is -1.11. The second-order valence-electron chi connectivity index (χ2n) is 9.94. The average molecular weight is 369 g/mol. The van der Waals surface area contributed by atoms with Gasteiger partial charge in [0.15, 0.2) is 0 Å². The van der Waals surface area contributed by atoms with Crippen LogP contribution >= 0.6 is 0 Å². The molecule has 0 aliphatic heterocycles. The largest absolute Gasteiger partial charge is 0.299 e. The van der Waals surface area contributed by atoms with E-state index < -0.39 is 0 Å². The topological polar surface area (TPSA) is 17.1 Å². The number of ketones is 1. The summed E-state index contributed by atoms with van der Waals surface area (Å²) < 4.78 is 0. The Morgan fingerprint density at radius 1 is 1.00 bits per heavy atom. The third-order valence-corrected chi connectivity index (χ3v) is 7.69. The standard InChI is InChI=1S/C26H40O/c1-5-20-7-11-22(12-8-20)23-13-9-21(10-14-23)17-26(27)25-16-19(4)6-15-24(25)18(2)3/h9-10,13-14,18-20,22,24-25H,5-8,11-12,15-17H2,1-4H3/t19-,20?,22?,24+,25-/m1/s1. The van der Waals surface area contributed by atoms with Gasteiger partial charge >= 0.3 is 0 Å². The monoisotopic (exact) mass is 368 g/mol. The Balaban J connectivity index is 1.59. The van der Waals surface area contributed by atoms with E-state index in [1.54, 1.807) is 0 Å². The lowest BCUT2D eigenvalue weighted by atomic mass is 9.68.